The second kappa shape index (κ2) is 4.73. The van der Waals surface area contributed by atoms with Crippen molar-refractivity contribution in [3.8, 4) is 0 Å². The number of rotatable bonds is 1. The minimum atomic E-state index is -0.563. The molecule has 0 heterocycles. The third-order valence-corrected chi connectivity index (χ3v) is 2.27. The minimum Gasteiger partial charge on any atom is -0.443 e. The molecule has 0 unspecified atom stereocenters. The van der Waals surface area contributed by atoms with Gasteiger partial charge in [-0.05, 0) is 39.8 Å². The smallest absolute Gasteiger partial charge is 0.414 e. The van der Waals surface area contributed by atoms with Crippen molar-refractivity contribution < 1.29 is 13.9 Å². The Morgan fingerprint density at radius 1 is 1.35 bits per heavy atom. The zero-order chi connectivity index (χ0) is 13.2. The Morgan fingerprint density at radius 3 is 2.47 bits per heavy atom. The Bertz CT molecular complexity index is 424. The van der Waals surface area contributed by atoms with Crippen molar-refractivity contribution in [1.29, 1.82) is 0 Å². The Hall–Kier alpha value is -1.58. The molecule has 0 saturated carbocycles. The number of amides is 1. The molecule has 1 aromatic carbocycles. The van der Waals surface area contributed by atoms with E-state index in [0.29, 0.717) is 11.3 Å². The van der Waals surface area contributed by atoms with Gasteiger partial charge in [0.2, 0.25) is 0 Å². The molecule has 1 rings (SSSR count). The summed E-state index contributed by atoms with van der Waals surface area (Å²) in [5.41, 5.74) is 0.382. The van der Waals surface area contributed by atoms with Gasteiger partial charge in [-0.1, -0.05) is 6.07 Å². The molecule has 17 heavy (non-hydrogen) atoms. The fourth-order valence-electron chi connectivity index (χ4n) is 1.39. The van der Waals surface area contributed by atoms with Gasteiger partial charge in [0.15, 0.2) is 0 Å². The maximum absolute atomic E-state index is 13.4. The highest BCUT2D eigenvalue weighted by Gasteiger charge is 2.21. The van der Waals surface area contributed by atoms with E-state index in [-0.39, 0.29) is 5.82 Å². The van der Waals surface area contributed by atoms with Crippen molar-refractivity contribution in [2.45, 2.75) is 33.3 Å². The summed E-state index contributed by atoms with van der Waals surface area (Å²) in [6, 6.07) is 4.61. The third kappa shape index (κ3) is 3.44. The highest BCUT2D eigenvalue weighted by molar-refractivity contribution is 5.88. The lowest BCUT2D eigenvalue weighted by molar-refractivity contribution is 0.0589. The molecule has 0 aromatic heterocycles. The maximum Gasteiger partial charge on any atom is 0.414 e. The van der Waals surface area contributed by atoms with E-state index in [0.717, 1.165) is 0 Å². The Balaban J connectivity index is 2.93. The molecule has 0 aliphatic rings. The SMILES string of the molecule is Cc1c(F)cccc1N(C)C(=O)OC(C)(C)C. The van der Waals surface area contributed by atoms with E-state index in [1.807, 2.05) is 0 Å². The summed E-state index contributed by atoms with van der Waals surface area (Å²) in [6.07, 6.45) is -0.494. The van der Waals surface area contributed by atoms with Crippen LogP contribution < -0.4 is 4.90 Å². The molecule has 0 spiro atoms. The summed E-state index contributed by atoms with van der Waals surface area (Å²) in [6.45, 7) is 7.00. The van der Waals surface area contributed by atoms with Crippen molar-refractivity contribution in [2.24, 2.45) is 0 Å². The van der Waals surface area contributed by atoms with Crippen LogP contribution in [0.5, 0.6) is 0 Å². The lowest BCUT2D eigenvalue weighted by atomic mass is 10.2. The lowest BCUT2D eigenvalue weighted by Crippen LogP contribution is -2.34. The average Bonchev–Trinajstić information content (AvgIpc) is 2.18. The number of carbonyl (C=O) groups excluding carboxylic acids is 1. The predicted octanol–water partition coefficient (Wildman–Crippen LogP) is 3.51. The molecule has 0 bridgehead atoms. The van der Waals surface area contributed by atoms with Crippen molar-refractivity contribution in [3.63, 3.8) is 0 Å². The van der Waals surface area contributed by atoms with Crippen LogP contribution in [0.15, 0.2) is 18.2 Å². The molecule has 94 valence electrons. The molecule has 3 nitrogen and oxygen atoms in total. The largest absolute Gasteiger partial charge is 0.443 e. The molecule has 4 heteroatoms. The van der Waals surface area contributed by atoms with E-state index in [4.69, 9.17) is 4.74 Å². The normalized spacial score (nSPS) is 11.2. The van der Waals surface area contributed by atoms with E-state index < -0.39 is 11.7 Å². The van der Waals surface area contributed by atoms with Gasteiger partial charge in [0, 0.05) is 12.6 Å². The van der Waals surface area contributed by atoms with Gasteiger partial charge in [-0.25, -0.2) is 9.18 Å². The van der Waals surface area contributed by atoms with Crippen LogP contribution in [-0.4, -0.2) is 18.7 Å². The van der Waals surface area contributed by atoms with Crippen LogP contribution in [0.25, 0.3) is 0 Å². The van der Waals surface area contributed by atoms with Gasteiger partial charge in [-0.3, -0.25) is 4.90 Å². The van der Waals surface area contributed by atoms with Gasteiger partial charge >= 0.3 is 6.09 Å². The number of anilines is 1. The first-order valence-electron chi connectivity index (χ1n) is 5.44. The van der Waals surface area contributed by atoms with Crippen LogP contribution in [0, 0.1) is 12.7 Å². The Labute approximate surface area is 101 Å². The highest BCUT2D eigenvalue weighted by Crippen LogP contribution is 2.22. The maximum atomic E-state index is 13.4. The van der Waals surface area contributed by atoms with Crippen molar-refractivity contribution in [1.82, 2.24) is 0 Å². The second-order valence-corrected chi connectivity index (χ2v) is 4.92. The monoisotopic (exact) mass is 239 g/mol. The van der Waals surface area contributed by atoms with Gasteiger partial charge in [0.1, 0.15) is 11.4 Å². The topological polar surface area (TPSA) is 29.5 Å². The molecular weight excluding hydrogens is 221 g/mol. The van der Waals surface area contributed by atoms with E-state index >= 15 is 0 Å². The van der Waals surface area contributed by atoms with Crippen LogP contribution in [0.3, 0.4) is 0 Å². The molecule has 0 aliphatic carbocycles. The summed E-state index contributed by atoms with van der Waals surface area (Å²) in [4.78, 5) is 13.1. The molecule has 1 aromatic rings. The fourth-order valence-corrected chi connectivity index (χ4v) is 1.39. The van der Waals surface area contributed by atoms with Crippen LogP contribution in [0.4, 0.5) is 14.9 Å². The van der Waals surface area contributed by atoms with Crippen LogP contribution in [0.2, 0.25) is 0 Å². The van der Waals surface area contributed by atoms with Crippen LogP contribution in [-0.2, 0) is 4.74 Å². The van der Waals surface area contributed by atoms with E-state index in [9.17, 15) is 9.18 Å². The first kappa shape index (κ1) is 13.5. The number of carbonyl (C=O) groups is 1. The van der Waals surface area contributed by atoms with E-state index in [2.05, 4.69) is 0 Å². The zero-order valence-corrected chi connectivity index (χ0v) is 10.9. The molecule has 0 aliphatic heterocycles. The zero-order valence-electron chi connectivity index (χ0n) is 10.9. The van der Waals surface area contributed by atoms with Crippen molar-refractivity contribution in [3.05, 3.63) is 29.6 Å². The second-order valence-electron chi connectivity index (χ2n) is 4.92. The predicted molar refractivity (Wildman–Crippen MR) is 65.8 cm³/mol. The molecule has 0 radical (unpaired) electrons. The molecular formula is C13H18FNO2. The van der Waals surface area contributed by atoms with Crippen LogP contribution >= 0.6 is 0 Å². The number of benzene rings is 1. The molecule has 0 N–H and O–H groups in total. The number of hydrogen-bond acceptors (Lipinski definition) is 2. The van der Waals surface area contributed by atoms with Crippen molar-refractivity contribution in [2.75, 3.05) is 11.9 Å². The van der Waals surface area contributed by atoms with Crippen molar-refractivity contribution >= 4 is 11.8 Å². The van der Waals surface area contributed by atoms with Crippen LogP contribution in [0.1, 0.15) is 26.3 Å². The number of hydrogen-bond donors (Lipinski definition) is 0. The van der Waals surface area contributed by atoms with Gasteiger partial charge in [0.25, 0.3) is 0 Å². The van der Waals surface area contributed by atoms with E-state index in [1.165, 1.54) is 11.0 Å². The quantitative estimate of drug-likeness (QED) is 0.750. The van der Waals surface area contributed by atoms with Gasteiger partial charge in [-0.15, -0.1) is 0 Å². The lowest BCUT2D eigenvalue weighted by Gasteiger charge is -2.25. The summed E-state index contributed by atoms with van der Waals surface area (Å²) in [5.74, 6) is -0.335. The number of halogens is 1. The first-order valence-corrected chi connectivity index (χ1v) is 5.44. The molecule has 0 fully saturated rings. The summed E-state index contributed by atoms with van der Waals surface area (Å²) < 4.78 is 18.6. The summed E-state index contributed by atoms with van der Waals surface area (Å²) >= 11 is 0. The molecule has 0 atom stereocenters. The average molecular weight is 239 g/mol. The van der Waals surface area contributed by atoms with Gasteiger partial charge in [-0.2, -0.15) is 0 Å². The Kier molecular flexibility index (Phi) is 3.76. The standard InChI is InChI=1S/C13H18FNO2/c1-9-10(14)7-6-8-11(9)15(5)12(16)17-13(2,3)4/h6-8H,1-5H3. The third-order valence-electron chi connectivity index (χ3n) is 2.27. The van der Waals surface area contributed by atoms with E-state index in [1.54, 1.807) is 46.9 Å². The summed E-state index contributed by atoms with van der Waals surface area (Å²) in [7, 11) is 1.57. The highest BCUT2D eigenvalue weighted by atomic mass is 19.1. The van der Waals surface area contributed by atoms with Gasteiger partial charge in [0.05, 0.1) is 5.69 Å². The molecule has 0 saturated heterocycles. The van der Waals surface area contributed by atoms with Gasteiger partial charge < -0.3 is 4.74 Å². The Morgan fingerprint density at radius 2 is 1.94 bits per heavy atom. The first-order chi connectivity index (χ1) is 7.72. The fraction of sp³-hybridized carbons (Fsp3) is 0.462. The summed E-state index contributed by atoms with van der Waals surface area (Å²) in [5, 5.41) is 0. The number of nitrogens with zero attached hydrogens (tertiary/aromatic N) is 1. The number of ether oxygens (including phenoxy) is 1. The molecule has 1 amide bonds. The minimum absolute atomic E-state index is 0.335.